The summed E-state index contributed by atoms with van der Waals surface area (Å²) < 4.78 is 5.49. The highest BCUT2D eigenvalue weighted by atomic mass is 35.5. The molecule has 0 unspecified atom stereocenters. The number of rotatable bonds is 3. The van der Waals surface area contributed by atoms with E-state index in [1.807, 2.05) is 12.1 Å². The fourth-order valence-corrected chi connectivity index (χ4v) is 3.55. The lowest BCUT2D eigenvalue weighted by atomic mass is 9.99. The third-order valence-electron chi connectivity index (χ3n) is 4.62. The number of H-pyrrole nitrogens is 1. The summed E-state index contributed by atoms with van der Waals surface area (Å²) in [5.41, 5.74) is 3.05. The van der Waals surface area contributed by atoms with Crippen molar-refractivity contribution in [3.63, 3.8) is 0 Å². The van der Waals surface area contributed by atoms with Crippen molar-refractivity contribution in [3.8, 4) is 5.75 Å². The third-order valence-corrected chi connectivity index (χ3v) is 4.85. The van der Waals surface area contributed by atoms with Gasteiger partial charge in [-0.3, -0.25) is 9.69 Å². The maximum absolute atomic E-state index is 12.3. The number of hydrogen-bond donors (Lipinski definition) is 1. The van der Waals surface area contributed by atoms with Gasteiger partial charge >= 0.3 is 0 Å². The summed E-state index contributed by atoms with van der Waals surface area (Å²) in [7, 11) is 1.70. The molecular weight excluding hydrogens is 338 g/mol. The van der Waals surface area contributed by atoms with Crippen molar-refractivity contribution in [1.29, 1.82) is 0 Å². The highest BCUT2D eigenvalue weighted by molar-refractivity contribution is 6.31. The lowest BCUT2D eigenvalue weighted by molar-refractivity contribution is 0.234. The minimum absolute atomic E-state index is 0.155. The van der Waals surface area contributed by atoms with E-state index in [-0.39, 0.29) is 5.56 Å². The Morgan fingerprint density at radius 2 is 2.20 bits per heavy atom. The van der Waals surface area contributed by atoms with Crippen LogP contribution in [0.5, 0.6) is 5.75 Å². The second-order valence-corrected chi connectivity index (χ2v) is 6.67. The Hall–Kier alpha value is -2.37. The molecule has 0 bridgehead atoms. The fourth-order valence-electron chi connectivity index (χ4n) is 3.38. The number of benzene rings is 2. The van der Waals surface area contributed by atoms with E-state index in [0.29, 0.717) is 28.3 Å². The van der Waals surface area contributed by atoms with E-state index in [2.05, 4.69) is 20.9 Å². The van der Waals surface area contributed by atoms with Crippen LogP contribution < -0.4 is 10.3 Å². The van der Waals surface area contributed by atoms with Crippen molar-refractivity contribution >= 4 is 22.5 Å². The van der Waals surface area contributed by atoms with Gasteiger partial charge in [0.05, 0.1) is 24.6 Å². The maximum atomic E-state index is 12.3. The zero-order chi connectivity index (χ0) is 17.4. The Kier molecular flexibility index (Phi) is 4.19. The molecule has 1 aromatic heterocycles. The molecule has 128 valence electrons. The van der Waals surface area contributed by atoms with Gasteiger partial charge in [-0.2, -0.15) is 0 Å². The van der Waals surface area contributed by atoms with E-state index in [4.69, 9.17) is 16.3 Å². The summed E-state index contributed by atoms with van der Waals surface area (Å²) in [4.78, 5) is 22.0. The minimum Gasteiger partial charge on any atom is -0.496 e. The van der Waals surface area contributed by atoms with Crippen LogP contribution in [0.2, 0.25) is 5.02 Å². The van der Waals surface area contributed by atoms with Gasteiger partial charge in [0.1, 0.15) is 11.6 Å². The van der Waals surface area contributed by atoms with Crippen LogP contribution in [-0.4, -0.2) is 28.5 Å². The minimum atomic E-state index is -0.155. The SMILES string of the molecule is COc1cccc2c1CN(Cc1nc3ccc(Cl)cc3c(=O)[nH]1)CC2. The van der Waals surface area contributed by atoms with Gasteiger partial charge in [-0.1, -0.05) is 23.7 Å². The molecule has 0 radical (unpaired) electrons. The van der Waals surface area contributed by atoms with Crippen molar-refractivity contribution in [3.05, 3.63) is 68.7 Å². The van der Waals surface area contributed by atoms with Gasteiger partial charge in [-0.05, 0) is 36.2 Å². The van der Waals surface area contributed by atoms with Crippen LogP contribution in [0.3, 0.4) is 0 Å². The molecule has 6 heteroatoms. The number of nitrogens with one attached hydrogen (secondary N) is 1. The number of ether oxygens (including phenoxy) is 1. The highest BCUT2D eigenvalue weighted by Crippen LogP contribution is 2.28. The van der Waals surface area contributed by atoms with Gasteiger partial charge in [0.2, 0.25) is 0 Å². The molecule has 0 atom stereocenters. The summed E-state index contributed by atoms with van der Waals surface area (Å²) >= 11 is 5.96. The van der Waals surface area contributed by atoms with E-state index >= 15 is 0 Å². The number of hydrogen-bond acceptors (Lipinski definition) is 4. The van der Waals surface area contributed by atoms with E-state index in [9.17, 15) is 4.79 Å². The summed E-state index contributed by atoms with van der Waals surface area (Å²) in [6, 6.07) is 11.3. The quantitative estimate of drug-likeness (QED) is 0.784. The summed E-state index contributed by atoms with van der Waals surface area (Å²) in [6.07, 6.45) is 0.958. The van der Waals surface area contributed by atoms with Crippen molar-refractivity contribution < 1.29 is 4.74 Å². The molecule has 0 saturated carbocycles. The van der Waals surface area contributed by atoms with Crippen LogP contribution >= 0.6 is 11.6 Å². The Morgan fingerprint density at radius 1 is 1.32 bits per heavy atom. The summed E-state index contributed by atoms with van der Waals surface area (Å²) in [5, 5.41) is 1.05. The maximum Gasteiger partial charge on any atom is 0.258 e. The highest BCUT2D eigenvalue weighted by Gasteiger charge is 2.20. The number of fused-ring (bicyclic) bond motifs is 2. The van der Waals surface area contributed by atoms with Crippen molar-refractivity contribution in [2.45, 2.75) is 19.5 Å². The van der Waals surface area contributed by atoms with E-state index in [1.165, 1.54) is 11.1 Å². The van der Waals surface area contributed by atoms with Crippen LogP contribution in [0.15, 0.2) is 41.2 Å². The van der Waals surface area contributed by atoms with Crippen LogP contribution in [0.25, 0.3) is 10.9 Å². The average molecular weight is 356 g/mol. The molecule has 1 N–H and O–H groups in total. The number of aromatic nitrogens is 2. The molecule has 25 heavy (non-hydrogen) atoms. The molecule has 5 nitrogen and oxygen atoms in total. The standard InChI is InChI=1S/C19H18ClN3O2/c1-25-17-4-2-3-12-7-8-23(10-15(12)17)11-18-21-16-6-5-13(20)9-14(16)19(24)22-18/h2-6,9H,7-8,10-11H2,1H3,(H,21,22,24). The molecule has 0 spiro atoms. The molecule has 0 amide bonds. The van der Waals surface area contributed by atoms with Gasteiger partial charge in [0.15, 0.2) is 0 Å². The Morgan fingerprint density at radius 3 is 3.04 bits per heavy atom. The Bertz CT molecular complexity index is 985. The van der Waals surface area contributed by atoms with Crippen molar-refractivity contribution in [2.75, 3.05) is 13.7 Å². The molecule has 0 aliphatic carbocycles. The second kappa shape index (κ2) is 6.50. The normalized spacial score (nSPS) is 14.5. The van der Waals surface area contributed by atoms with Gasteiger partial charge in [0.25, 0.3) is 5.56 Å². The van der Waals surface area contributed by atoms with E-state index < -0.39 is 0 Å². The molecule has 0 fully saturated rings. The van der Waals surface area contributed by atoms with Gasteiger partial charge in [-0.15, -0.1) is 0 Å². The van der Waals surface area contributed by atoms with Gasteiger partial charge in [-0.25, -0.2) is 4.98 Å². The van der Waals surface area contributed by atoms with Crippen LogP contribution in [0.4, 0.5) is 0 Å². The summed E-state index contributed by atoms with van der Waals surface area (Å²) in [5.74, 6) is 1.58. The lowest BCUT2D eigenvalue weighted by Gasteiger charge is -2.29. The average Bonchev–Trinajstić information content (AvgIpc) is 2.62. The van der Waals surface area contributed by atoms with Crippen molar-refractivity contribution in [2.24, 2.45) is 0 Å². The number of aromatic amines is 1. The van der Waals surface area contributed by atoms with Crippen LogP contribution in [-0.2, 0) is 19.5 Å². The molecule has 3 aromatic rings. The van der Waals surface area contributed by atoms with E-state index in [0.717, 1.165) is 25.3 Å². The smallest absolute Gasteiger partial charge is 0.258 e. The Labute approximate surface area is 150 Å². The molecule has 1 aliphatic rings. The predicted octanol–water partition coefficient (Wildman–Crippen LogP) is 3.14. The fraction of sp³-hybridized carbons (Fsp3) is 0.263. The Balaban J connectivity index is 1.62. The van der Waals surface area contributed by atoms with Gasteiger partial charge < -0.3 is 9.72 Å². The van der Waals surface area contributed by atoms with Crippen molar-refractivity contribution in [1.82, 2.24) is 14.9 Å². The first-order chi connectivity index (χ1) is 12.1. The first kappa shape index (κ1) is 16.1. The zero-order valence-corrected chi connectivity index (χ0v) is 14.6. The molecule has 0 saturated heterocycles. The molecular formula is C19H18ClN3O2. The van der Waals surface area contributed by atoms with Gasteiger partial charge in [0, 0.05) is 23.7 Å². The first-order valence-electron chi connectivity index (χ1n) is 8.19. The number of halogens is 1. The summed E-state index contributed by atoms with van der Waals surface area (Å²) in [6.45, 7) is 2.29. The largest absolute Gasteiger partial charge is 0.496 e. The van der Waals surface area contributed by atoms with E-state index in [1.54, 1.807) is 25.3 Å². The predicted molar refractivity (Wildman–Crippen MR) is 98.2 cm³/mol. The lowest BCUT2D eigenvalue weighted by Crippen LogP contribution is -2.31. The van der Waals surface area contributed by atoms with Crippen LogP contribution in [0, 0.1) is 0 Å². The molecule has 2 heterocycles. The molecule has 2 aromatic carbocycles. The monoisotopic (exact) mass is 355 g/mol. The number of nitrogens with zero attached hydrogens (tertiary/aromatic N) is 2. The topological polar surface area (TPSA) is 58.2 Å². The molecule has 4 rings (SSSR count). The second-order valence-electron chi connectivity index (χ2n) is 6.23. The zero-order valence-electron chi connectivity index (χ0n) is 13.9. The number of methoxy groups -OCH3 is 1. The first-order valence-corrected chi connectivity index (χ1v) is 8.57. The molecule has 1 aliphatic heterocycles. The van der Waals surface area contributed by atoms with Crippen LogP contribution in [0.1, 0.15) is 17.0 Å². The third kappa shape index (κ3) is 3.13.